The minimum atomic E-state index is 0.800. The molecule has 0 aromatic carbocycles. The number of aromatic nitrogens is 3. The van der Waals surface area contributed by atoms with Crippen LogP contribution in [0.15, 0.2) is 18.5 Å². The van der Waals surface area contributed by atoms with Crippen molar-refractivity contribution in [3.63, 3.8) is 0 Å². The summed E-state index contributed by atoms with van der Waals surface area (Å²) in [6.07, 6.45) is 4.86. The Kier molecular flexibility index (Phi) is 3.01. The monoisotopic (exact) mass is 222 g/mol. The van der Waals surface area contributed by atoms with Gasteiger partial charge in [0.25, 0.3) is 0 Å². The second-order valence-electron chi connectivity index (χ2n) is 3.30. The van der Waals surface area contributed by atoms with E-state index in [1.807, 2.05) is 25.5 Å². The topological polar surface area (TPSA) is 42.7 Å². The van der Waals surface area contributed by atoms with Crippen molar-refractivity contribution >= 4 is 17.2 Å². The van der Waals surface area contributed by atoms with Crippen molar-refractivity contribution in [1.82, 2.24) is 14.8 Å². The van der Waals surface area contributed by atoms with E-state index >= 15 is 0 Å². The summed E-state index contributed by atoms with van der Waals surface area (Å²) in [4.78, 5) is 5.55. The van der Waals surface area contributed by atoms with Crippen LogP contribution >= 0.6 is 11.3 Å². The number of nitrogens with zero attached hydrogens (tertiary/aromatic N) is 3. The molecule has 0 spiro atoms. The van der Waals surface area contributed by atoms with Gasteiger partial charge in [-0.15, -0.1) is 11.3 Å². The molecule has 0 saturated carbocycles. The molecular weight excluding hydrogens is 208 g/mol. The molecule has 0 atom stereocenters. The molecule has 0 radical (unpaired) electrons. The second kappa shape index (κ2) is 4.44. The minimum absolute atomic E-state index is 0.800. The zero-order chi connectivity index (χ0) is 10.7. The highest BCUT2D eigenvalue weighted by atomic mass is 32.1. The molecule has 15 heavy (non-hydrogen) atoms. The Morgan fingerprint density at radius 1 is 1.53 bits per heavy atom. The molecule has 0 amide bonds. The highest BCUT2D eigenvalue weighted by Gasteiger charge is 2.01. The van der Waals surface area contributed by atoms with Crippen LogP contribution in [0.2, 0.25) is 0 Å². The lowest BCUT2D eigenvalue weighted by Gasteiger charge is -1.98. The molecule has 0 bridgehead atoms. The normalized spacial score (nSPS) is 10.5. The zero-order valence-electron chi connectivity index (χ0n) is 8.90. The first-order valence-corrected chi connectivity index (χ1v) is 5.76. The quantitative estimate of drug-likeness (QED) is 0.861. The molecule has 5 heteroatoms. The number of thiazole rings is 1. The van der Waals surface area contributed by atoms with Crippen LogP contribution < -0.4 is 5.32 Å². The average molecular weight is 222 g/mol. The summed E-state index contributed by atoms with van der Waals surface area (Å²) in [6, 6.07) is 1.96. The van der Waals surface area contributed by atoms with Gasteiger partial charge in [-0.2, -0.15) is 5.10 Å². The van der Waals surface area contributed by atoms with Crippen LogP contribution in [0.4, 0.5) is 5.82 Å². The Morgan fingerprint density at radius 3 is 3.00 bits per heavy atom. The number of hydrogen-bond acceptors (Lipinski definition) is 4. The van der Waals surface area contributed by atoms with Crippen LogP contribution in [-0.4, -0.2) is 14.8 Å². The van der Waals surface area contributed by atoms with Gasteiger partial charge in [0, 0.05) is 30.4 Å². The van der Waals surface area contributed by atoms with E-state index in [0.717, 1.165) is 18.8 Å². The van der Waals surface area contributed by atoms with Crippen LogP contribution in [0, 0.1) is 0 Å². The lowest BCUT2D eigenvalue weighted by atomic mass is 10.5. The molecule has 2 aromatic rings. The van der Waals surface area contributed by atoms with Crippen LogP contribution in [0.3, 0.4) is 0 Å². The molecule has 1 N–H and O–H groups in total. The van der Waals surface area contributed by atoms with E-state index in [-0.39, 0.29) is 0 Å². The molecule has 2 heterocycles. The highest BCUT2D eigenvalue weighted by molar-refractivity contribution is 7.11. The Balaban J connectivity index is 1.93. The molecule has 0 unspecified atom stereocenters. The van der Waals surface area contributed by atoms with E-state index in [1.54, 1.807) is 16.0 Å². The fourth-order valence-electron chi connectivity index (χ4n) is 1.28. The van der Waals surface area contributed by atoms with Gasteiger partial charge in [-0.25, -0.2) is 4.98 Å². The molecule has 2 rings (SSSR count). The van der Waals surface area contributed by atoms with Gasteiger partial charge in [-0.05, 0) is 6.42 Å². The summed E-state index contributed by atoms with van der Waals surface area (Å²) < 4.78 is 1.78. The van der Waals surface area contributed by atoms with Crippen molar-refractivity contribution in [3.05, 3.63) is 28.3 Å². The summed E-state index contributed by atoms with van der Waals surface area (Å²) in [5.74, 6) is 0.906. The zero-order valence-corrected chi connectivity index (χ0v) is 9.71. The van der Waals surface area contributed by atoms with Crippen molar-refractivity contribution in [3.8, 4) is 0 Å². The average Bonchev–Trinajstić information content (AvgIpc) is 2.83. The summed E-state index contributed by atoms with van der Waals surface area (Å²) in [5, 5.41) is 8.69. The molecule has 4 nitrogen and oxygen atoms in total. The van der Waals surface area contributed by atoms with Crippen LogP contribution in [-0.2, 0) is 20.0 Å². The van der Waals surface area contributed by atoms with Gasteiger partial charge in [0.2, 0.25) is 0 Å². The highest BCUT2D eigenvalue weighted by Crippen LogP contribution is 2.14. The third kappa shape index (κ3) is 2.56. The summed E-state index contributed by atoms with van der Waals surface area (Å²) >= 11 is 1.75. The molecule has 0 saturated heterocycles. The van der Waals surface area contributed by atoms with Crippen molar-refractivity contribution in [2.75, 3.05) is 5.32 Å². The molecule has 0 aliphatic rings. The maximum atomic E-state index is 4.31. The Bertz CT molecular complexity index is 432. The standard InChI is InChI=1S/C10H14N4S/c1-3-10-12-7-8(15-10)6-11-9-4-5-14(2)13-9/h4-5,7H,3,6H2,1-2H3,(H,11,13). The number of nitrogens with one attached hydrogen (secondary N) is 1. The lowest BCUT2D eigenvalue weighted by molar-refractivity contribution is 0.768. The Morgan fingerprint density at radius 2 is 2.40 bits per heavy atom. The van der Waals surface area contributed by atoms with Gasteiger partial charge >= 0.3 is 0 Å². The van der Waals surface area contributed by atoms with Crippen molar-refractivity contribution in [2.45, 2.75) is 19.9 Å². The SMILES string of the molecule is CCc1ncc(CNc2ccn(C)n2)s1. The number of hydrogen-bond donors (Lipinski definition) is 1. The van der Waals surface area contributed by atoms with Gasteiger partial charge in [-0.1, -0.05) is 6.92 Å². The Labute approximate surface area is 93.0 Å². The lowest BCUT2D eigenvalue weighted by Crippen LogP contribution is -1.98. The van der Waals surface area contributed by atoms with Crippen molar-refractivity contribution in [2.24, 2.45) is 7.05 Å². The van der Waals surface area contributed by atoms with E-state index in [4.69, 9.17) is 0 Å². The fourth-order valence-corrected chi connectivity index (χ4v) is 2.08. The number of anilines is 1. The smallest absolute Gasteiger partial charge is 0.148 e. The third-order valence-corrected chi connectivity index (χ3v) is 3.20. The minimum Gasteiger partial charge on any atom is -0.364 e. The van der Waals surface area contributed by atoms with Crippen LogP contribution in [0.1, 0.15) is 16.8 Å². The fraction of sp³-hybridized carbons (Fsp3) is 0.400. The van der Waals surface area contributed by atoms with Crippen LogP contribution in [0.25, 0.3) is 0 Å². The molecule has 0 aliphatic carbocycles. The number of aryl methyl sites for hydroxylation is 2. The van der Waals surface area contributed by atoms with E-state index < -0.39 is 0 Å². The van der Waals surface area contributed by atoms with Gasteiger partial charge in [-0.3, -0.25) is 4.68 Å². The largest absolute Gasteiger partial charge is 0.364 e. The first-order chi connectivity index (χ1) is 7.28. The maximum absolute atomic E-state index is 4.31. The maximum Gasteiger partial charge on any atom is 0.148 e. The van der Waals surface area contributed by atoms with E-state index in [1.165, 1.54) is 9.88 Å². The Hall–Kier alpha value is -1.36. The van der Waals surface area contributed by atoms with Gasteiger partial charge in [0.1, 0.15) is 5.82 Å². The molecule has 80 valence electrons. The first-order valence-electron chi connectivity index (χ1n) is 4.95. The molecule has 0 fully saturated rings. The summed E-state index contributed by atoms with van der Waals surface area (Å²) in [7, 11) is 1.91. The van der Waals surface area contributed by atoms with E-state index in [9.17, 15) is 0 Å². The number of rotatable bonds is 4. The van der Waals surface area contributed by atoms with Crippen molar-refractivity contribution < 1.29 is 0 Å². The first kappa shape index (κ1) is 10.2. The van der Waals surface area contributed by atoms with Crippen LogP contribution in [0.5, 0.6) is 0 Å². The summed E-state index contributed by atoms with van der Waals surface area (Å²) in [6.45, 7) is 2.92. The predicted octanol–water partition coefficient (Wildman–Crippen LogP) is 2.05. The second-order valence-corrected chi connectivity index (χ2v) is 4.50. The van der Waals surface area contributed by atoms with Gasteiger partial charge in [0.15, 0.2) is 0 Å². The van der Waals surface area contributed by atoms with Gasteiger partial charge < -0.3 is 5.32 Å². The molecular formula is C10H14N4S. The van der Waals surface area contributed by atoms with E-state index in [0.29, 0.717) is 0 Å². The van der Waals surface area contributed by atoms with Crippen molar-refractivity contribution in [1.29, 1.82) is 0 Å². The predicted molar refractivity (Wildman–Crippen MR) is 62.0 cm³/mol. The molecule has 2 aromatic heterocycles. The third-order valence-electron chi connectivity index (χ3n) is 2.06. The molecule has 0 aliphatic heterocycles. The van der Waals surface area contributed by atoms with E-state index in [2.05, 4.69) is 22.3 Å². The summed E-state index contributed by atoms with van der Waals surface area (Å²) in [5.41, 5.74) is 0. The van der Waals surface area contributed by atoms with Gasteiger partial charge in [0.05, 0.1) is 11.6 Å².